The van der Waals surface area contributed by atoms with Crippen molar-refractivity contribution < 1.29 is 14.8 Å². The molecule has 2 aromatic rings. The summed E-state index contributed by atoms with van der Waals surface area (Å²) >= 11 is 0. The average molecular weight is 243 g/mol. The lowest BCUT2D eigenvalue weighted by atomic mass is 10.0. The van der Waals surface area contributed by atoms with Crippen LogP contribution in [0.5, 0.6) is 5.75 Å². The maximum Gasteiger partial charge on any atom is 0.277 e. The molecule has 5 heteroatoms. The normalized spacial score (nSPS) is 10.0. The van der Waals surface area contributed by atoms with Gasteiger partial charge in [0.05, 0.1) is 10.5 Å². The van der Waals surface area contributed by atoms with Crippen LogP contribution in [-0.2, 0) is 0 Å². The summed E-state index contributed by atoms with van der Waals surface area (Å²) in [5, 5.41) is 20.4. The van der Waals surface area contributed by atoms with E-state index in [9.17, 15) is 20.0 Å². The zero-order chi connectivity index (χ0) is 13.1. The van der Waals surface area contributed by atoms with Crippen LogP contribution in [0, 0.1) is 10.1 Å². The summed E-state index contributed by atoms with van der Waals surface area (Å²) in [7, 11) is 0. The highest BCUT2D eigenvalue weighted by Crippen LogP contribution is 2.31. The molecule has 0 fully saturated rings. The lowest BCUT2D eigenvalue weighted by molar-refractivity contribution is -0.384. The zero-order valence-electron chi connectivity index (χ0n) is 9.24. The van der Waals surface area contributed by atoms with Gasteiger partial charge >= 0.3 is 0 Å². The lowest BCUT2D eigenvalue weighted by Gasteiger charge is -2.04. The van der Waals surface area contributed by atoms with Gasteiger partial charge in [-0.05, 0) is 23.8 Å². The topological polar surface area (TPSA) is 80.4 Å². The third-order valence-corrected chi connectivity index (χ3v) is 2.51. The molecule has 0 aliphatic carbocycles. The highest BCUT2D eigenvalue weighted by molar-refractivity contribution is 5.82. The second-order valence-corrected chi connectivity index (χ2v) is 3.70. The van der Waals surface area contributed by atoms with Crippen LogP contribution < -0.4 is 0 Å². The molecule has 90 valence electrons. The van der Waals surface area contributed by atoms with Gasteiger partial charge in [-0.2, -0.15) is 0 Å². The fourth-order valence-electron chi connectivity index (χ4n) is 1.69. The molecule has 0 aromatic heterocycles. The van der Waals surface area contributed by atoms with E-state index in [1.807, 2.05) is 0 Å². The van der Waals surface area contributed by atoms with E-state index in [1.165, 1.54) is 30.3 Å². The largest absolute Gasteiger partial charge is 0.508 e. The van der Waals surface area contributed by atoms with Crippen molar-refractivity contribution in [1.82, 2.24) is 0 Å². The number of nitro groups is 1. The minimum atomic E-state index is -0.549. The molecule has 0 saturated heterocycles. The number of nitrogens with zero attached hydrogens (tertiary/aromatic N) is 1. The van der Waals surface area contributed by atoms with E-state index >= 15 is 0 Å². The van der Waals surface area contributed by atoms with Gasteiger partial charge in [-0.15, -0.1) is 0 Å². The quantitative estimate of drug-likeness (QED) is 0.510. The maximum absolute atomic E-state index is 11.0. The van der Waals surface area contributed by atoms with E-state index in [4.69, 9.17) is 0 Å². The van der Waals surface area contributed by atoms with E-state index in [0.717, 1.165) is 0 Å². The molecule has 0 unspecified atom stereocenters. The van der Waals surface area contributed by atoms with Crippen LogP contribution in [0.4, 0.5) is 5.69 Å². The Morgan fingerprint density at radius 3 is 2.56 bits per heavy atom. The van der Waals surface area contributed by atoms with Gasteiger partial charge in [0.15, 0.2) is 0 Å². The minimum absolute atomic E-state index is 0.0289. The summed E-state index contributed by atoms with van der Waals surface area (Å²) in [6.45, 7) is 0. The first-order valence-electron chi connectivity index (χ1n) is 5.15. The summed E-state index contributed by atoms with van der Waals surface area (Å²) in [4.78, 5) is 21.0. The number of hydrogen-bond acceptors (Lipinski definition) is 4. The average Bonchev–Trinajstić information content (AvgIpc) is 2.38. The molecular formula is C13H9NO4. The van der Waals surface area contributed by atoms with E-state index < -0.39 is 4.92 Å². The number of phenols is 1. The van der Waals surface area contributed by atoms with E-state index in [-0.39, 0.29) is 17.0 Å². The number of carbonyl (C=O) groups is 1. The molecule has 0 heterocycles. The Balaban J connectivity index is 2.63. The van der Waals surface area contributed by atoms with Crippen molar-refractivity contribution in [3.8, 4) is 16.9 Å². The highest BCUT2D eigenvalue weighted by Gasteiger charge is 2.16. The lowest BCUT2D eigenvalue weighted by Crippen LogP contribution is -1.94. The predicted molar refractivity (Wildman–Crippen MR) is 65.6 cm³/mol. The Kier molecular flexibility index (Phi) is 3.05. The van der Waals surface area contributed by atoms with Crippen LogP contribution in [0.25, 0.3) is 11.1 Å². The number of aldehydes is 1. The Morgan fingerprint density at radius 1 is 1.17 bits per heavy atom. The van der Waals surface area contributed by atoms with Crippen molar-refractivity contribution in [2.24, 2.45) is 0 Å². The highest BCUT2D eigenvalue weighted by atomic mass is 16.6. The van der Waals surface area contributed by atoms with Gasteiger partial charge in [0.1, 0.15) is 12.0 Å². The molecule has 0 radical (unpaired) electrons. The third-order valence-electron chi connectivity index (χ3n) is 2.51. The second kappa shape index (κ2) is 4.67. The Bertz CT molecular complexity index is 622. The zero-order valence-corrected chi connectivity index (χ0v) is 9.24. The Hall–Kier alpha value is -2.69. The van der Waals surface area contributed by atoms with Crippen molar-refractivity contribution in [3.05, 3.63) is 58.1 Å². The molecule has 2 aromatic carbocycles. The smallest absolute Gasteiger partial charge is 0.277 e. The van der Waals surface area contributed by atoms with Gasteiger partial charge in [0.25, 0.3) is 5.69 Å². The number of benzene rings is 2. The van der Waals surface area contributed by atoms with E-state index in [2.05, 4.69) is 0 Å². The first kappa shape index (κ1) is 11.8. The number of rotatable bonds is 3. The van der Waals surface area contributed by atoms with Crippen LogP contribution >= 0.6 is 0 Å². The Labute approximate surface area is 102 Å². The first-order chi connectivity index (χ1) is 8.61. The van der Waals surface area contributed by atoms with Crippen molar-refractivity contribution in [1.29, 1.82) is 0 Å². The fraction of sp³-hybridized carbons (Fsp3) is 0. The van der Waals surface area contributed by atoms with Crippen molar-refractivity contribution >= 4 is 12.0 Å². The summed E-state index contributed by atoms with van der Waals surface area (Å²) in [6.07, 6.45) is 0.555. The second-order valence-electron chi connectivity index (χ2n) is 3.70. The van der Waals surface area contributed by atoms with Gasteiger partial charge in [-0.1, -0.05) is 18.2 Å². The van der Waals surface area contributed by atoms with Crippen LogP contribution in [0.2, 0.25) is 0 Å². The fourth-order valence-corrected chi connectivity index (χ4v) is 1.69. The Morgan fingerprint density at radius 2 is 1.94 bits per heavy atom. The summed E-state index contributed by atoms with van der Waals surface area (Å²) in [5.41, 5.74) is 0.969. The summed E-state index contributed by atoms with van der Waals surface area (Å²) < 4.78 is 0. The molecule has 5 nitrogen and oxygen atoms in total. The number of hydrogen-bond donors (Lipinski definition) is 1. The van der Waals surface area contributed by atoms with Crippen molar-refractivity contribution in [3.63, 3.8) is 0 Å². The molecular weight excluding hydrogens is 234 g/mol. The summed E-state index contributed by atoms with van der Waals surface area (Å²) in [6, 6.07) is 10.4. The molecule has 1 N–H and O–H groups in total. The van der Waals surface area contributed by atoms with Gasteiger partial charge in [-0.25, -0.2) is 0 Å². The van der Waals surface area contributed by atoms with E-state index in [0.29, 0.717) is 17.4 Å². The molecule has 0 atom stereocenters. The number of aromatic hydroxyl groups is 1. The monoisotopic (exact) mass is 243 g/mol. The number of nitro benzene ring substituents is 1. The molecule has 0 bridgehead atoms. The molecule has 0 aliphatic heterocycles. The minimum Gasteiger partial charge on any atom is -0.508 e. The van der Waals surface area contributed by atoms with Crippen LogP contribution in [0.3, 0.4) is 0 Å². The van der Waals surface area contributed by atoms with Crippen LogP contribution in [-0.4, -0.2) is 16.3 Å². The molecule has 2 rings (SSSR count). The SMILES string of the molecule is O=Cc1ccc(-c2cccc(O)c2)c([N+](=O)[O-])c1. The van der Waals surface area contributed by atoms with Crippen molar-refractivity contribution in [2.75, 3.05) is 0 Å². The number of phenolic OH excluding ortho intramolecular Hbond substituents is 1. The molecule has 0 spiro atoms. The molecule has 0 saturated carbocycles. The third kappa shape index (κ3) is 2.20. The standard InChI is InChI=1S/C13H9NO4/c15-8-9-4-5-12(13(6-9)14(17)18)10-2-1-3-11(16)7-10/h1-8,16H. The van der Waals surface area contributed by atoms with Gasteiger partial charge in [0, 0.05) is 11.6 Å². The van der Waals surface area contributed by atoms with E-state index in [1.54, 1.807) is 12.1 Å². The summed E-state index contributed by atoms with van der Waals surface area (Å²) in [5.74, 6) is 0.0289. The van der Waals surface area contributed by atoms with Crippen LogP contribution in [0.1, 0.15) is 10.4 Å². The van der Waals surface area contributed by atoms with Crippen molar-refractivity contribution in [2.45, 2.75) is 0 Å². The predicted octanol–water partition coefficient (Wildman–Crippen LogP) is 2.78. The van der Waals surface area contributed by atoms with Crippen LogP contribution in [0.15, 0.2) is 42.5 Å². The maximum atomic E-state index is 11.0. The van der Waals surface area contributed by atoms with Gasteiger partial charge in [-0.3, -0.25) is 14.9 Å². The molecule has 0 aliphatic rings. The first-order valence-corrected chi connectivity index (χ1v) is 5.15. The van der Waals surface area contributed by atoms with Gasteiger partial charge < -0.3 is 5.11 Å². The number of carbonyl (C=O) groups excluding carboxylic acids is 1. The molecule has 18 heavy (non-hydrogen) atoms. The molecule has 0 amide bonds. The van der Waals surface area contributed by atoms with Gasteiger partial charge in [0.2, 0.25) is 0 Å².